The van der Waals surface area contributed by atoms with Crippen molar-refractivity contribution in [3.05, 3.63) is 57.0 Å². The third kappa shape index (κ3) is 3.01. The SMILES string of the molecule is O[C@H](c1cc2cc(Br)ccc2c2cc(Br)ccc12)[C@@H]1CCCCN1. The van der Waals surface area contributed by atoms with Gasteiger partial charge in [-0.1, -0.05) is 50.4 Å². The predicted molar refractivity (Wildman–Crippen MR) is 107 cm³/mol. The van der Waals surface area contributed by atoms with Crippen molar-refractivity contribution in [3.63, 3.8) is 0 Å². The molecular formula is C20H19Br2NO. The van der Waals surface area contributed by atoms with Gasteiger partial charge in [-0.2, -0.15) is 0 Å². The van der Waals surface area contributed by atoms with E-state index in [-0.39, 0.29) is 6.04 Å². The molecule has 2 N–H and O–H groups in total. The third-order valence-corrected chi connectivity index (χ3v) is 5.94. The van der Waals surface area contributed by atoms with Gasteiger partial charge in [0.2, 0.25) is 0 Å². The van der Waals surface area contributed by atoms with Gasteiger partial charge in [0.25, 0.3) is 0 Å². The van der Waals surface area contributed by atoms with Gasteiger partial charge in [0, 0.05) is 15.0 Å². The fraction of sp³-hybridized carbons (Fsp3) is 0.300. The zero-order valence-electron chi connectivity index (χ0n) is 13.2. The number of piperidine rings is 1. The van der Waals surface area contributed by atoms with Crippen LogP contribution in [0.3, 0.4) is 0 Å². The first-order chi connectivity index (χ1) is 11.6. The number of benzene rings is 3. The van der Waals surface area contributed by atoms with E-state index >= 15 is 0 Å². The van der Waals surface area contributed by atoms with Crippen molar-refractivity contribution in [2.24, 2.45) is 0 Å². The zero-order valence-corrected chi connectivity index (χ0v) is 16.4. The minimum atomic E-state index is -0.489. The number of nitrogens with one attached hydrogen (secondary N) is 1. The van der Waals surface area contributed by atoms with Crippen LogP contribution in [0.1, 0.15) is 30.9 Å². The van der Waals surface area contributed by atoms with Crippen LogP contribution in [-0.2, 0) is 0 Å². The lowest BCUT2D eigenvalue weighted by Crippen LogP contribution is -2.38. The molecule has 2 atom stereocenters. The summed E-state index contributed by atoms with van der Waals surface area (Å²) in [4.78, 5) is 0. The highest BCUT2D eigenvalue weighted by molar-refractivity contribution is 9.10. The third-order valence-electron chi connectivity index (χ3n) is 4.96. The van der Waals surface area contributed by atoms with Gasteiger partial charge in [-0.05, 0) is 76.8 Å². The van der Waals surface area contributed by atoms with E-state index in [1.165, 1.54) is 23.6 Å². The van der Waals surface area contributed by atoms with E-state index < -0.39 is 6.10 Å². The van der Waals surface area contributed by atoms with Crippen LogP contribution in [0.4, 0.5) is 0 Å². The molecule has 0 unspecified atom stereocenters. The fourth-order valence-corrected chi connectivity index (χ4v) is 4.48. The molecule has 0 saturated carbocycles. The minimum Gasteiger partial charge on any atom is -0.387 e. The molecule has 0 aromatic heterocycles. The van der Waals surface area contributed by atoms with E-state index in [1.54, 1.807) is 0 Å². The predicted octanol–water partition coefficient (Wildman–Crippen LogP) is 5.69. The van der Waals surface area contributed by atoms with E-state index in [1.807, 2.05) is 0 Å². The van der Waals surface area contributed by atoms with Gasteiger partial charge in [-0.15, -0.1) is 0 Å². The molecule has 124 valence electrons. The van der Waals surface area contributed by atoms with Gasteiger partial charge in [0.15, 0.2) is 0 Å². The maximum absolute atomic E-state index is 11.1. The number of fused-ring (bicyclic) bond motifs is 3. The quantitative estimate of drug-likeness (QED) is 0.493. The first-order valence-electron chi connectivity index (χ1n) is 8.36. The van der Waals surface area contributed by atoms with Crippen molar-refractivity contribution in [2.45, 2.75) is 31.4 Å². The molecule has 3 aromatic carbocycles. The highest BCUT2D eigenvalue weighted by atomic mass is 79.9. The largest absolute Gasteiger partial charge is 0.387 e. The van der Waals surface area contributed by atoms with E-state index in [9.17, 15) is 5.11 Å². The molecule has 0 amide bonds. The van der Waals surface area contributed by atoms with Crippen molar-refractivity contribution in [3.8, 4) is 0 Å². The molecule has 4 heteroatoms. The Morgan fingerprint density at radius 1 is 0.917 bits per heavy atom. The molecule has 0 bridgehead atoms. The molecule has 0 radical (unpaired) electrons. The molecule has 0 aliphatic carbocycles. The molecule has 0 spiro atoms. The van der Waals surface area contributed by atoms with E-state index in [2.05, 4.69) is 79.6 Å². The standard InChI is InChI=1S/C20H19Br2NO/c21-13-4-6-15-12(9-13)10-18(16-7-5-14(22)11-17(15)16)20(24)19-3-1-2-8-23-19/h4-7,9-11,19-20,23-24H,1-3,8H2/t19-,20+/m0/s1. The Bertz CT molecular complexity index is 903. The maximum Gasteiger partial charge on any atom is 0.0949 e. The first-order valence-corrected chi connectivity index (χ1v) is 9.95. The monoisotopic (exact) mass is 447 g/mol. The average Bonchev–Trinajstić information content (AvgIpc) is 2.60. The van der Waals surface area contributed by atoms with Gasteiger partial charge in [0.05, 0.1) is 6.10 Å². The Balaban J connectivity index is 1.95. The Morgan fingerprint density at radius 3 is 2.42 bits per heavy atom. The summed E-state index contributed by atoms with van der Waals surface area (Å²) in [6.45, 7) is 0.990. The number of halogens is 2. The van der Waals surface area contributed by atoms with E-state index in [0.717, 1.165) is 38.2 Å². The molecule has 1 fully saturated rings. The van der Waals surface area contributed by atoms with Crippen LogP contribution in [0, 0.1) is 0 Å². The van der Waals surface area contributed by atoms with Crippen molar-refractivity contribution in [1.82, 2.24) is 5.32 Å². The van der Waals surface area contributed by atoms with Crippen molar-refractivity contribution in [2.75, 3.05) is 6.54 Å². The van der Waals surface area contributed by atoms with Crippen molar-refractivity contribution in [1.29, 1.82) is 0 Å². The molecular weight excluding hydrogens is 430 g/mol. The summed E-state index contributed by atoms with van der Waals surface area (Å²) in [5, 5.41) is 19.2. The summed E-state index contributed by atoms with van der Waals surface area (Å²) in [6.07, 6.45) is 2.91. The van der Waals surface area contributed by atoms with Crippen molar-refractivity contribution < 1.29 is 5.11 Å². The highest BCUT2D eigenvalue weighted by Gasteiger charge is 2.24. The Labute approximate surface area is 158 Å². The molecule has 1 aliphatic heterocycles. The van der Waals surface area contributed by atoms with Crippen LogP contribution in [0.25, 0.3) is 21.5 Å². The Morgan fingerprint density at radius 2 is 1.67 bits per heavy atom. The molecule has 4 rings (SSSR count). The lowest BCUT2D eigenvalue weighted by Gasteiger charge is -2.29. The summed E-state index contributed by atoms with van der Waals surface area (Å²) < 4.78 is 2.11. The molecule has 1 aliphatic rings. The second kappa shape index (κ2) is 6.75. The van der Waals surface area contributed by atoms with Crippen LogP contribution >= 0.6 is 31.9 Å². The van der Waals surface area contributed by atoms with E-state index in [0.29, 0.717) is 0 Å². The molecule has 1 heterocycles. The second-order valence-corrected chi connectivity index (χ2v) is 8.35. The Hall–Kier alpha value is -0.940. The normalized spacial score (nSPS) is 19.7. The van der Waals surface area contributed by atoms with Gasteiger partial charge in [-0.25, -0.2) is 0 Å². The molecule has 3 aromatic rings. The molecule has 24 heavy (non-hydrogen) atoms. The number of aliphatic hydroxyl groups is 1. The van der Waals surface area contributed by atoms with Crippen LogP contribution in [0.15, 0.2) is 51.4 Å². The smallest absolute Gasteiger partial charge is 0.0949 e. The summed E-state index contributed by atoms with van der Waals surface area (Å²) in [7, 11) is 0. The topological polar surface area (TPSA) is 32.3 Å². The summed E-state index contributed by atoms with van der Waals surface area (Å²) in [6, 6.07) is 14.9. The Kier molecular flexibility index (Phi) is 4.65. The number of hydrogen-bond donors (Lipinski definition) is 2. The molecule has 2 nitrogen and oxygen atoms in total. The number of rotatable bonds is 2. The summed E-state index contributed by atoms with van der Waals surface area (Å²) >= 11 is 7.15. The van der Waals surface area contributed by atoms with Gasteiger partial charge in [0.1, 0.15) is 0 Å². The lowest BCUT2D eigenvalue weighted by molar-refractivity contribution is 0.115. The summed E-state index contributed by atoms with van der Waals surface area (Å²) in [5.41, 5.74) is 1.02. The minimum absolute atomic E-state index is 0.134. The number of aliphatic hydroxyl groups excluding tert-OH is 1. The fourth-order valence-electron chi connectivity index (χ4n) is 3.74. The van der Waals surface area contributed by atoms with Gasteiger partial charge in [-0.3, -0.25) is 0 Å². The van der Waals surface area contributed by atoms with Gasteiger partial charge >= 0.3 is 0 Å². The molecule has 1 saturated heterocycles. The second-order valence-electron chi connectivity index (χ2n) is 6.52. The van der Waals surface area contributed by atoms with Crippen LogP contribution in [-0.4, -0.2) is 17.7 Å². The lowest BCUT2D eigenvalue weighted by atomic mass is 9.89. The van der Waals surface area contributed by atoms with Crippen molar-refractivity contribution >= 4 is 53.4 Å². The number of hydrogen-bond acceptors (Lipinski definition) is 2. The maximum atomic E-state index is 11.1. The average molecular weight is 449 g/mol. The van der Waals surface area contributed by atoms with E-state index in [4.69, 9.17) is 0 Å². The summed E-state index contributed by atoms with van der Waals surface area (Å²) in [5.74, 6) is 0. The highest BCUT2D eigenvalue weighted by Crippen LogP contribution is 2.36. The zero-order chi connectivity index (χ0) is 16.7. The van der Waals surface area contributed by atoms with Gasteiger partial charge < -0.3 is 10.4 Å². The first kappa shape index (κ1) is 16.5. The van der Waals surface area contributed by atoms with Crippen LogP contribution in [0.2, 0.25) is 0 Å². The van der Waals surface area contributed by atoms with Crippen LogP contribution < -0.4 is 5.32 Å². The van der Waals surface area contributed by atoms with Crippen LogP contribution in [0.5, 0.6) is 0 Å².